The number of aliphatic hydroxyl groups excluding tert-OH is 1. The minimum absolute atomic E-state index is 0.434. The minimum atomic E-state index is 0.434. The van der Waals surface area contributed by atoms with Crippen molar-refractivity contribution in [2.45, 2.75) is 59.3 Å². The summed E-state index contributed by atoms with van der Waals surface area (Å²) in [6.45, 7) is 7.78. The van der Waals surface area contributed by atoms with Crippen LogP contribution in [-0.2, 0) is 0 Å². The van der Waals surface area contributed by atoms with Crippen molar-refractivity contribution < 1.29 is 5.11 Å². The predicted octanol–water partition coefficient (Wildman–Crippen LogP) is 3.61. The Bertz CT molecular complexity index is 309. The minimum Gasteiger partial charge on any atom is -0.396 e. The van der Waals surface area contributed by atoms with Crippen molar-refractivity contribution in [3.8, 4) is 0 Å². The van der Waals surface area contributed by atoms with Crippen LogP contribution in [0.3, 0.4) is 0 Å². The fourth-order valence-corrected chi connectivity index (χ4v) is 6.01. The van der Waals surface area contributed by atoms with Gasteiger partial charge in [0.25, 0.3) is 0 Å². The van der Waals surface area contributed by atoms with E-state index in [4.69, 9.17) is 0 Å². The van der Waals surface area contributed by atoms with Gasteiger partial charge in [0.2, 0.25) is 0 Å². The van der Waals surface area contributed by atoms with Crippen molar-refractivity contribution in [3.63, 3.8) is 0 Å². The Balaban J connectivity index is 1.96. The molecule has 0 amide bonds. The summed E-state index contributed by atoms with van der Waals surface area (Å²) in [4.78, 5) is 0. The molecule has 4 atom stereocenters. The Hall–Kier alpha value is -0.0400. The first-order valence-corrected chi connectivity index (χ1v) is 7.06. The maximum Gasteiger partial charge on any atom is 0.0469 e. The molecule has 92 valence electrons. The standard InChI is InChI=1S/C15H26O/c1-13(2)6-4-7-15-10-14(3,12(15)9-16)8-5-11(13)15/h11-12,16H,4-10H2,1-3H3. The topological polar surface area (TPSA) is 20.2 Å². The lowest BCUT2D eigenvalue weighted by Crippen LogP contribution is -2.67. The zero-order chi connectivity index (χ0) is 11.6. The second kappa shape index (κ2) is 3.04. The van der Waals surface area contributed by atoms with E-state index in [0.29, 0.717) is 28.8 Å². The first-order chi connectivity index (χ1) is 7.45. The third kappa shape index (κ3) is 1.11. The summed E-state index contributed by atoms with van der Waals surface area (Å²) in [5.41, 5.74) is 1.54. The van der Waals surface area contributed by atoms with Crippen LogP contribution in [0.2, 0.25) is 0 Å². The smallest absolute Gasteiger partial charge is 0.0469 e. The van der Waals surface area contributed by atoms with Gasteiger partial charge in [0.15, 0.2) is 0 Å². The molecule has 2 bridgehead atoms. The zero-order valence-electron chi connectivity index (χ0n) is 11.1. The maximum atomic E-state index is 9.76. The Kier molecular flexibility index (Phi) is 2.11. The van der Waals surface area contributed by atoms with E-state index < -0.39 is 0 Å². The molecule has 0 heterocycles. The van der Waals surface area contributed by atoms with Crippen LogP contribution in [0, 0.1) is 28.1 Å². The molecule has 4 rings (SSSR count). The SMILES string of the molecule is CC1(C)CCCC23CC(C)(CCC12)C3CO. The maximum absolute atomic E-state index is 9.76. The second-order valence-corrected chi connectivity index (χ2v) is 7.73. The van der Waals surface area contributed by atoms with Gasteiger partial charge in [-0.05, 0) is 60.2 Å². The Labute approximate surface area is 99.6 Å². The van der Waals surface area contributed by atoms with Gasteiger partial charge in [0.1, 0.15) is 0 Å². The predicted molar refractivity (Wildman–Crippen MR) is 66.1 cm³/mol. The highest BCUT2D eigenvalue weighted by Crippen LogP contribution is 2.75. The summed E-state index contributed by atoms with van der Waals surface area (Å²) in [7, 11) is 0. The third-order valence-corrected chi connectivity index (χ3v) is 6.56. The summed E-state index contributed by atoms with van der Waals surface area (Å²) in [5.74, 6) is 1.49. The molecule has 4 unspecified atom stereocenters. The van der Waals surface area contributed by atoms with E-state index >= 15 is 0 Å². The van der Waals surface area contributed by atoms with Crippen LogP contribution in [0.1, 0.15) is 59.3 Å². The van der Waals surface area contributed by atoms with Crippen molar-refractivity contribution in [2.24, 2.45) is 28.1 Å². The molecule has 0 aromatic carbocycles. The largest absolute Gasteiger partial charge is 0.396 e. The van der Waals surface area contributed by atoms with Gasteiger partial charge in [-0.2, -0.15) is 0 Å². The van der Waals surface area contributed by atoms with Crippen LogP contribution in [0.5, 0.6) is 0 Å². The van der Waals surface area contributed by atoms with Gasteiger partial charge in [-0.1, -0.05) is 27.2 Å². The molecule has 4 aliphatic rings. The van der Waals surface area contributed by atoms with Crippen molar-refractivity contribution in [1.29, 1.82) is 0 Å². The molecule has 4 aliphatic carbocycles. The van der Waals surface area contributed by atoms with Gasteiger partial charge in [0.05, 0.1) is 0 Å². The number of fused-ring (bicyclic) bond motifs is 1. The lowest BCUT2D eigenvalue weighted by atomic mass is 9.32. The Morgan fingerprint density at radius 3 is 2.56 bits per heavy atom. The first-order valence-electron chi connectivity index (χ1n) is 7.06. The summed E-state index contributed by atoms with van der Waals surface area (Å²) >= 11 is 0. The Morgan fingerprint density at radius 2 is 1.88 bits per heavy atom. The summed E-state index contributed by atoms with van der Waals surface area (Å²) < 4.78 is 0. The molecular weight excluding hydrogens is 196 g/mol. The molecule has 1 nitrogen and oxygen atoms in total. The average Bonchev–Trinajstić information content (AvgIpc) is 2.15. The van der Waals surface area contributed by atoms with Crippen LogP contribution in [0.25, 0.3) is 0 Å². The van der Waals surface area contributed by atoms with Crippen LogP contribution in [0.15, 0.2) is 0 Å². The van der Waals surface area contributed by atoms with Crippen LogP contribution in [0.4, 0.5) is 0 Å². The van der Waals surface area contributed by atoms with Gasteiger partial charge in [0, 0.05) is 6.61 Å². The highest BCUT2D eigenvalue weighted by atomic mass is 16.3. The zero-order valence-corrected chi connectivity index (χ0v) is 11.1. The fraction of sp³-hybridized carbons (Fsp3) is 1.00. The third-order valence-electron chi connectivity index (χ3n) is 6.56. The number of hydrogen-bond acceptors (Lipinski definition) is 1. The van der Waals surface area contributed by atoms with Crippen molar-refractivity contribution in [2.75, 3.05) is 6.61 Å². The monoisotopic (exact) mass is 222 g/mol. The van der Waals surface area contributed by atoms with Crippen LogP contribution < -0.4 is 0 Å². The van der Waals surface area contributed by atoms with E-state index in [-0.39, 0.29) is 0 Å². The van der Waals surface area contributed by atoms with E-state index in [1.165, 1.54) is 38.5 Å². The van der Waals surface area contributed by atoms with Gasteiger partial charge in [-0.15, -0.1) is 0 Å². The molecule has 0 saturated heterocycles. The molecular formula is C15H26O. The van der Waals surface area contributed by atoms with Gasteiger partial charge in [-0.25, -0.2) is 0 Å². The van der Waals surface area contributed by atoms with Gasteiger partial charge in [-0.3, -0.25) is 0 Å². The molecule has 1 spiro atoms. The first kappa shape index (κ1) is 11.1. The Morgan fingerprint density at radius 1 is 1.12 bits per heavy atom. The van der Waals surface area contributed by atoms with E-state index in [2.05, 4.69) is 20.8 Å². The van der Waals surface area contributed by atoms with Crippen molar-refractivity contribution >= 4 is 0 Å². The number of hydrogen-bond donors (Lipinski definition) is 1. The van der Waals surface area contributed by atoms with E-state index in [9.17, 15) is 5.11 Å². The molecule has 0 aliphatic heterocycles. The molecule has 4 fully saturated rings. The van der Waals surface area contributed by atoms with E-state index in [1.807, 2.05) is 0 Å². The van der Waals surface area contributed by atoms with E-state index in [1.54, 1.807) is 0 Å². The summed E-state index contributed by atoms with van der Waals surface area (Å²) in [6.07, 6.45) is 8.35. The van der Waals surface area contributed by atoms with Gasteiger partial charge < -0.3 is 5.11 Å². The number of rotatable bonds is 1. The van der Waals surface area contributed by atoms with Gasteiger partial charge >= 0.3 is 0 Å². The van der Waals surface area contributed by atoms with Crippen molar-refractivity contribution in [1.82, 2.24) is 0 Å². The molecule has 16 heavy (non-hydrogen) atoms. The molecule has 1 N–H and O–H groups in total. The lowest BCUT2D eigenvalue weighted by molar-refractivity contribution is -0.253. The highest BCUT2D eigenvalue weighted by Gasteiger charge is 2.68. The molecule has 0 aromatic rings. The molecule has 0 radical (unpaired) electrons. The normalized spacial score (nSPS) is 54.0. The van der Waals surface area contributed by atoms with Crippen LogP contribution in [-0.4, -0.2) is 11.7 Å². The molecule has 1 heteroatoms. The van der Waals surface area contributed by atoms with E-state index in [0.717, 1.165) is 5.92 Å². The highest BCUT2D eigenvalue weighted by molar-refractivity contribution is 5.17. The van der Waals surface area contributed by atoms with Crippen molar-refractivity contribution in [3.05, 3.63) is 0 Å². The average molecular weight is 222 g/mol. The summed E-state index contributed by atoms with van der Waals surface area (Å²) in [6, 6.07) is 0. The fourth-order valence-electron chi connectivity index (χ4n) is 6.01. The number of aliphatic hydroxyl groups is 1. The second-order valence-electron chi connectivity index (χ2n) is 7.73. The van der Waals surface area contributed by atoms with Crippen LogP contribution >= 0.6 is 0 Å². The molecule has 0 aromatic heterocycles. The quantitative estimate of drug-likeness (QED) is 0.718. The molecule has 4 saturated carbocycles. The summed E-state index contributed by atoms with van der Waals surface area (Å²) in [5, 5.41) is 9.76. The lowest BCUT2D eigenvalue weighted by Gasteiger charge is -2.73.